The molecule has 2 aromatic carbocycles. The molecule has 0 radical (unpaired) electrons. The van der Waals surface area contributed by atoms with Crippen LogP contribution in [0.15, 0.2) is 42.5 Å². The number of urea groups is 1. The second-order valence-corrected chi connectivity index (χ2v) is 6.60. The molecule has 2 aromatic rings. The maximum absolute atomic E-state index is 13.5. The van der Waals surface area contributed by atoms with E-state index in [1.54, 1.807) is 14.0 Å². The number of benzene rings is 2. The molecule has 1 saturated heterocycles. The molecule has 0 spiro atoms. The summed E-state index contributed by atoms with van der Waals surface area (Å²) in [6.45, 7) is 3.74. The molecule has 1 heterocycles. The Morgan fingerprint density at radius 3 is 2.50 bits per heavy atom. The highest BCUT2D eigenvalue weighted by Gasteiger charge is 2.21. The van der Waals surface area contributed by atoms with Crippen LogP contribution in [-0.4, -0.2) is 31.1 Å². The van der Waals surface area contributed by atoms with Gasteiger partial charge in [-0.3, -0.25) is 0 Å². The Balaban J connectivity index is 1.74. The molecule has 0 bridgehead atoms. The lowest BCUT2D eigenvalue weighted by Gasteiger charge is -2.27. The third-order valence-electron chi connectivity index (χ3n) is 4.92. The Morgan fingerprint density at radius 2 is 1.81 bits per heavy atom. The fourth-order valence-electron chi connectivity index (χ4n) is 3.19. The van der Waals surface area contributed by atoms with Crippen molar-refractivity contribution in [2.45, 2.75) is 25.8 Å². The van der Waals surface area contributed by atoms with Gasteiger partial charge in [-0.25, -0.2) is 13.6 Å². The number of carbonyl (C=O) groups is 1. The van der Waals surface area contributed by atoms with Crippen molar-refractivity contribution in [3.8, 4) is 0 Å². The van der Waals surface area contributed by atoms with Crippen LogP contribution in [0.4, 0.5) is 25.0 Å². The summed E-state index contributed by atoms with van der Waals surface area (Å²) < 4.78 is 26.6. The van der Waals surface area contributed by atoms with Gasteiger partial charge in [0.25, 0.3) is 0 Å². The van der Waals surface area contributed by atoms with Gasteiger partial charge in [-0.2, -0.15) is 0 Å². The van der Waals surface area contributed by atoms with Gasteiger partial charge in [-0.15, -0.1) is 0 Å². The van der Waals surface area contributed by atoms with Crippen LogP contribution < -0.4 is 10.2 Å². The molecule has 0 aliphatic carbocycles. The molecule has 138 valence electrons. The standard InChI is InChI=1S/C20H23F2N3O/c1-14(15-9-10-16(21)17(22)13-15)24(2)20(26)23-18-7-3-4-8-19(18)25-11-5-6-12-25/h3-4,7-10,13-14H,5-6,11-12H2,1-2H3,(H,23,26). The molecule has 0 saturated carbocycles. The second kappa shape index (κ2) is 7.72. The highest BCUT2D eigenvalue weighted by Crippen LogP contribution is 2.29. The number of para-hydroxylation sites is 2. The van der Waals surface area contributed by atoms with Crippen LogP contribution in [0.2, 0.25) is 0 Å². The monoisotopic (exact) mass is 359 g/mol. The first-order valence-electron chi connectivity index (χ1n) is 8.80. The van der Waals surface area contributed by atoms with E-state index < -0.39 is 17.7 Å². The maximum Gasteiger partial charge on any atom is 0.322 e. The van der Waals surface area contributed by atoms with Gasteiger partial charge in [-0.05, 0) is 49.6 Å². The van der Waals surface area contributed by atoms with Gasteiger partial charge in [0.2, 0.25) is 0 Å². The van der Waals surface area contributed by atoms with Gasteiger partial charge < -0.3 is 15.1 Å². The van der Waals surface area contributed by atoms with Crippen molar-refractivity contribution >= 4 is 17.4 Å². The number of hydrogen-bond donors (Lipinski definition) is 1. The van der Waals surface area contributed by atoms with E-state index in [0.717, 1.165) is 49.4 Å². The van der Waals surface area contributed by atoms with E-state index in [9.17, 15) is 13.6 Å². The van der Waals surface area contributed by atoms with Crippen molar-refractivity contribution in [1.29, 1.82) is 0 Å². The summed E-state index contributed by atoms with van der Waals surface area (Å²) >= 11 is 0. The summed E-state index contributed by atoms with van der Waals surface area (Å²) in [5.41, 5.74) is 2.30. The van der Waals surface area contributed by atoms with Gasteiger partial charge in [0.05, 0.1) is 17.4 Å². The topological polar surface area (TPSA) is 35.6 Å². The van der Waals surface area contributed by atoms with Crippen molar-refractivity contribution in [3.05, 3.63) is 59.7 Å². The number of amides is 2. The van der Waals surface area contributed by atoms with E-state index in [0.29, 0.717) is 5.56 Å². The van der Waals surface area contributed by atoms with Gasteiger partial charge in [0.15, 0.2) is 11.6 Å². The first-order valence-corrected chi connectivity index (χ1v) is 8.80. The van der Waals surface area contributed by atoms with Crippen molar-refractivity contribution < 1.29 is 13.6 Å². The predicted molar refractivity (Wildman–Crippen MR) is 99.4 cm³/mol. The highest BCUT2D eigenvalue weighted by molar-refractivity contribution is 5.93. The zero-order chi connectivity index (χ0) is 18.7. The summed E-state index contributed by atoms with van der Waals surface area (Å²) in [6, 6.07) is 10.7. The smallest absolute Gasteiger partial charge is 0.322 e. The molecule has 1 atom stereocenters. The van der Waals surface area contributed by atoms with Gasteiger partial charge >= 0.3 is 6.03 Å². The summed E-state index contributed by atoms with van der Waals surface area (Å²) in [4.78, 5) is 16.4. The normalized spacial score (nSPS) is 15.0. The quantitative estimate of drug-likeness (QED) is 0.852. The van der Waals surface area contributed by atoms with E-state index in [-0.39, 0.29) is 6.03 Å². The lowest BCUT2D eigenvalue weighted by molar-refractivity contribution is 0.208. The van der Waals surface area contributed by atoms with E-state index in [1.165, 1.54) is 11.0 Å². The number of rotatable bonds is 4. The Kier molecular flexibility index (Phi) is 5.40. The van der Waals surface area contributed by atoms with Gasteiger partial charge in [-0.1, -0.05) is 18.2 Å². The molecule has 1 aliphatic heterocycles. The van der Waals surface area contributed by atoms with E-state index >= 15 is 0 Å². The fraction of sp³-hybridized carbons (Fsp3) is 0.350. The van der Waals surface area contributed by atoms with Crippen molar-refractivity contribution in [2.24, 2.45) is 0 Å². The Morgan fingerprint density at radius 1 is 1.12 bits per heavy atom. The minimum absolute atomic E-state index is 0.297. The molecule has 0 aromatic heterocycles. The van der Waals surface area contributed by atoms with Crippen LogP contribution in [0.25, 0.3) is 0 Å². The third-order valence-corrected chi connectivity index (χ3v) is 4.92. The first kappa shape index (κ1) is 18.2. The predicted octanol–water partition coefficient (Wildman–Crippen LogP) is 4.79. The molecule has 1 unspecified atom stereocenters. The average Bonchev–Trinajstić information content (AvgIpc) is 3.17. The number of nitrogens with zero attached hydrogens (tertiary/aromatic N) is 2. The Hall–Kier alpha value is -2.63. The van der Waals surface area contributed by atoms with E-state index in [4.69, 9.17) is 0 Å². The number of anilines is 2. The largest absolute Gasteiger partial charge is 0.370 e. The average molecular weight is 359 g/mol. The van der Waals surface area contributed by atoms with Gasteiger partial charge in [0, 0.05) is 20.1 Å². The SMILES string of the molecule is CC(c1ccc(F)c(F)c1)N(C)C(=O)Nc1ccccc1N1CCCC1. The van der Waals surface area contributed by atoms with E-state index in [2.05, 4.69) is 10.2 Å². The molecule has 1 N–H and O–H groups in total. The summed E-state index contributed by atoms with van der Waals surface area (Å²) in [7, 11) is 1.64. The van der Waals surface area contributed by atoms with Crippen LogP contribution in [0.1, 0.15) is 31.4 Å². The Labute approximate surface area is 152 Å². The molecule has 26 heavy (non-hydrogen) atoms. The second-order valence-electron chi connectivity index (χ2n) is 6.60. The lowest BCUT2D eigenvalue weighted by atomic mass is 10.1. The number of hydrogen-bond acceptors (Lipinski definition) is 2. The lowest BCUT2D eigenvalue weighted by Crippen LogP contribution is -2.34. The molecular formula is C20H23F2N3O. The fourth-order valence-corrected chi connectivity index (χ4v) is 3.19. The minimum atomic E-state index is -0.914. The summed E-state index contributed by atoms with van der Waals surface area (Å²) in [6.07, 6.45) is 2.30. The first-order chi connectivity index (χ1) is 12.5. The number of nitrogens with one attached hydrogen (secondary N) is 1. The number of carbonyl (C=O) groups excluding carboxylic acids is 1. The van der Waals surface area contributed by atoms with Crippen molar-refractivity contribution in [3.63, 3.8) is 0 Å². The molecule has 1 fully saturated rings. The summed E-state index contributed by atoms with van der Waals surface area (Å²) in [5.74, 6) is -1.81. The van der Waals surface area contributed by atoms with Crippen molar-refractivity contribution in [1.82, 2.24) is 4.90 Å². The third kappa shape index (κ3) is 3.79. The van der Waals surface area contributed by atoms with E-state index in [1.807, 2.05) is 24.3 Å². The Bertz CT molecular complexity index is 790. The van der Waals surface area contributed by atoms with Crippen molar-refractivity contribution in [2.75, 3.05) is 30.4 Å². The van der Waals surface area contributed by atoms with Crippen LogP contribution in [0.5, 0.6) is 0 Å². The molecule has 1 aliphatic rings. The van der Waals surface area contributed by atoms with Crippen LogP contribution in [0.3, 0.4) is 0 Å². The van der Waals surface area contributed by atoms with Gasteiger partial charge in [0.1, 0.15) is 0 Å². The molecule has 4 nitrogen and oxygen atoms in total. The molecule has 2 amide bonds. The molecule has 3 rings (SSSR count). The minimum Gasteiger partial charge on any atom is -0.370 e. The van der Waals surface area contributed by atoms with Crippen LogP contribution >= 0.6 is 0 Å². The molecular weight excluding hydrogens is 336 g/mol. The maximum atomic E-state index is 13.5. The summed E-state index contributed by atoms with van der Waals surface area (Å²) in [5, 5.41) is 2.94. The van der Waals surface area contributed by atoms with Crippen LogP contribution in [-0.2, 0) is 0 Å². The highest BCUT2D eigenvalue weighted by atomic mass is 19.2. The number of halogens is 2. The zero-order valence-electron chi connectivity index (χ0n) is 15.0. The zero-order valence-corrected chi connectivity index (χ0v) is 15.0. The van der Waals surface area contributed by atoms with Crippen LogP contribution in [0, 0.1) is 11.6 Å². The molecule has 6 heteroatoms.